The SMILES string of the molecule is Cc1ncsc1CCO.O=P([O-])([O-])[O-]. The van der Waals surface area contributed by atoms with Gasteiger partial charge in [-0.3, -0.25) is 0 Å². The number of aryl methyl sites for hydroxylation is 1. The highest BCUT2D eigenvalue weighted by Gasteiger charge is 1.97. The van der Waals surface area contributed by atoms with E-state index in [-0.39, 0.29) is 6.61 Å². The number of nitrogens with zero attached hydrogens (tertiary/aromatic N) is 1. The molecular weight excluding hydrogens is 229 g/mol. The van der Waals surface area contributed by atoms with Gasteiger partial charge >= 0.3 is 0 Å². The van der Waals surface area contributed by atoms with Crippen LogP contribution in [0.5, 0.6) is 0 Å². The maximum atomic E-state index is 8.55. The number of aromatic nitrogens is 1. The molecule has 1 aromatic rings. The molecule has 8 heteroatoms. The first-order chi connectivity index (χ1) is 6.34. The second-order valence-corrected chi connectivity index (χ2v) is 4.12. The molecule has 1 heterocycles. The maximum absolute atomic E-state index is 8.55. The Kier molecular flexibility index (Phi) is 6.10. The number of aliphatic hydroxyl groups excluding tert-OH is 1. The normalized spacial score (nSPS) is 10.6. The van der Waals surface area contributed by atoms with Gasteiger partial charge in [0.05, 0.1) is 11.2 Å². The van der Waals surface area contributed by atoms with Gasteiger partial charge in [-0.05, 0) is 6.92 Å². The van der Waals surface area contributed by atoms with Crippen LogP contribution in [0, 0.1) is 6.92 Å². The predicted molar refractivity (Wildman–Crippen MR) is 45.2 cm³/mol. The lowest BCUT2D eigenvalue weighted by Gasteiger charge is -2.36. The Bertz CT molecular complexity index is 301. The van der Waals surface area contributed by atoms with Gasteiger partial charge in [-0.2, -0.15) is 7.82 Å². The van der Waals surface area contributed by atoms with Crippen LogP contribution in [0.15, 0.2) is 5.51 Å². The molecular formula is C6H9NO5PS-3. The van der Waals surface area contributed by atoms with Crippen molar-refractivity contribution in [3.8, 4) is 0 Å². The molecule has 0 aliphatic carbocycles. The highest BCUT2D eigenvalue weighted by molar-refractivity contribution is 7.40. The quantitative estimate of drug-likeness (QED) is 0.604. The fraction of sp³-hybridized carbons (Fsp3) is 0.500. The smallest absolute Gasteiger partial charge is 0.0797 e. The lowest BCUT2D eigenvalue weighted by molar-refractivity contribution is -0.432. The van der Waals surface area contributed by atoms with Crippen molar-refractivity contribution in [3.05, 3.63) is 16.1 Å². The second-order valence-electron chi connectivity index (χ2n) is 2.28. The van der Waals surface area contributed by atoms with Gasteiger partial charge in [0.25, 0.3) is 0 Å². The zero-order valence-electron chi connectivity index (χ0n) is 7.37. The maximum Gasteiger partial charge on any atom is 0.0797 e. The number of phosphoric acid groups is 1. The summed E-state index contributed by atoms with van der Waals surface area (Å²) in [6.45, 7) is 2.19. The van der Waals surface area contributed by atoms with Crippen LogP contribution in [0.1, 0.15) is 10.6 Å². The Morgan fingerprint density at radius 2 is 2.07 bits per heavy atom. The third-order valence-electron chi connectivity index (χ3n) is 1.18. The van der Waals surface area contributed by atoms with Crippen molar-refractivity contribution in [2.24, 2.45) is 0 Å². The number of hydrogen-bond donors (Lipinski definition) is 1. The van der Waals surface area contributed by atoms with Crippen molar-refractivity contribution in [2.45, 2.75) is 13.3 Å². The largest absolute Gasteiger partial charge is 0.822 e. The molecule has 0 aromatic carbocycles. The molecule has 1 N–H and O–H groups in total. The van der Waals surface area contributed by atoms with E-state index in [1.165, 1.54) is 4.88 Å². The van der Waals surface area contributed by atoms with Gasteiger partial charge < -0.3 is 24.4 Å². The molecule has 0 spiro atoms. The summed E-state index contributed by atoms with van der Waals surface area (Å²) in [7, 11) is -5.39. The topological polar surface area (TPSA) is 119 Å². The van der Waals surface area contributed by atoms with E-state index in [0.29, 0.717) is 0 Å². The highest BCUT2D eigenvalue weighted by atomic mass is 32.1. The Morgan fingerprint density at radius 1 is 1.57 bits per heavy atom. The van der Waals surface area contributed by atoms with Crippen LogP contribution in [0.25, 0.3) is 0 Å². The summed E-state index contributed by atoms with van der Waals surface area (Å²) in [6, 6.07) is 0. The second kappa shape index (κ2) is 6.23. The van der Waals surface area contributed by atoms with E-state index in [1.807, 2.05) is 6.92 Å². The average Bonchev–Trinajstić information content (AvgIpc) is 2.34. The molecule has 0 radical (unpaired) electrons. The minimum Gasteiger partial charge on any atom is -0.822 e. The zero-order valence-corrected chi connectivity index (χ0v) is 9.09. The predicted octanol–water partition coefficient (Wildman–Crippen LogP) is -1.84. The van der Waals surface area contributed by atoms with E-state index in [4.69, 9.17) is 24.4 Å². The van der Waals surface area contributed by atoms with Gasteiger partial charge in [0.2, 0.25) is 0 Å². The molecule has 0 aliphatic rings. The number of rotatable bonds is 2. The minimum absolute atomic E-state index is 0.225. The first kappa shape index (κ1) is 13.7. The van der Waals surface area contributed by atoms with E-state index in [1.54, 1.807) is 16.8 Å². The summed E-state index contributed by atoms with van der Waals surface area (Å²) in [5, 5.41) is 8.54. The molecule has 14 heavy (non-hydrogen) atoms. The fourth-order valence-electron chi connectivity index (χ4n) is 0.668. The Labute approximate surface area is 85.1 Å². The molecule has 0 unspecified atom stereocenters. The molecule has 0 aliphatic heterocycles. The van der Waals surface area contributed by atoms with E-state index >= 15 is 0 Å². The van der Waals surface area contributed by atoms with E-state index in [9.17, 15) is 0 Å². The number of hydrogen-bond acceptors (Lipinski definition) is 7. The van der Waals surface area contributed by atoms with Crippen LogP contribution in [0.4, 0.5) is 0 Å². The van der Waals surface area contributed by atoms with Gasteiger partial charge in [0.1, 0.15) is 0 Å². The zero-order chi connectivity index (χ0) is 11.2. The molecule has 1 rings (SSSR count). The minimum atomic E-state index is -5.39. The molecule has 0 saturated carbocycles. The molecule has 0 fully saturated rings. The van der Waals surface area contributed by atoms with Crippen LogP contribution >= 0.6 is 19.2 Å². The molecule has 0 atom stereocenters. The standard InChI is InChI=1S/C6H9NOS.H3O4P/c1-5-6(2-3-8)9-4-7-5;1-5(2,3)4/h4,8H,2-3H2,1H3;(H3,1,2,3,4)/p-3. The fourth-order valence-corrected chi connectivity index (χ4v) is 1.44. The van der Waals surface area contributed by atoms with Crippen molar-refractivity contribution in [2.75, 3.05) is 6.61 Å². The van der Waals surface area contributed by atoms with Gasteiger partial charge in [0, 0.05) is 17.9 Å². The molecule has 6 nitrogen and oxygen atoms in total. The van der Waals surface area contributed by atoms with Crippen LogP contribution in [-0.2, 0) is 11.0 Å². The highest BCUT2D eigenvalue weighted by Crippen LogP contribution is 2.11. The molecule has 0 amide bonds. The summed E-state index contributed by atoms with van der Waals surface area (Å²) in [5.41, 5.74) is 2.86. The summed E-state index contributed by atoms with van der Waals surface area (Å²) < 4.78 is 8.55. The molecule has 82 valence electrons. The van der Waals surface area contributed by atoms with Crippen molar-refractivity contribution < 1.29 is 24.4 Å². The van der Waals surface area contributed by atoms with Gasteiger partial charge in [-0.25, -0.2) is 4.98 Å². The van der Waals surface area contributed by atoms with Gasteiger partial charge in [0.15, 0.2) is 0 Å². The lowest BCUT2D eigenvalue weighted by Crippen LogP contribution is -2.24. The summed E-state index contributed by atoms with van der Waals surface area (Å²) in [5.74, 6) is 0. The average molecular weight is 238 g/mol. The first-order valence-electron chi connectivity index (χ1n) is 3.57. The number of aliphatic hydroxyl groups is 1. The van der Waals surface area contributed by atoms with Crippen LogP contribution in [0.3, 0.4) is 0 Å². The Balaban J connectivity index is 0.000000292. The third-order valence-corrected chi connectivity index (χ3v) is 2.18. The van der Waals surface area contributed by atoms with Crippen molar-refractivity contribution >= 4 is 19.2 Å². The number of thiazole rings is 1. The molecule has 0 bridgehead atoms. The summed E-state index contributed by atoms with van der Waals surface area (Å²) >= 11 is 1.60. The Morgan fingerprint density at radius 3 is 2.36 bits per heavy atom. The lowest BCUT2D eigenvalue weighted by atomic mass is 10.3. The molecule has 1 aromatic heterocycles. The van der Waals surface area contributed by atoms with Crippen LogP contribution < -0.4 is 14.7 Å². The monoisotopic (exact) mass is 238 g/mol. The summed E-state index contributed by atoms with van der Waals surface area (Å²) in [6.07, 6.45) is 0.747. The van der Waals surface area contributed by atoms with E-state index < -0.39 is 7.82 Å². The van der Waals surface area contributed by atoms with Gasteiger partial charge in [-0.15, -0.1) is 11.3 Å². The third kappa shape index (κ3) is 8.31. The molecule has 0 saturated heterocycles. The van der Waals surface area contributed by atoms with Crippen molar-refractivity contribution in [1.82, 2.24) is 4.98 Å². The van der Waals surface area contributed by atoms with Crippen molar-refractivity contribution in [3.63, 3.8) is 0 Å². The van der Waals surface area contributed by atoms with Crippen molar-refractivity contribution in [1.29, 1.82) is 0 Å². The van der Waals surface area contributed by atoms with E-state index in [0.717, 1.165) is 12.1 Å². The summed E-state index contributed by atoms with van der Waals surface area (Å²) in [4.78, 5) is 30.9. The first-order valence-corrected chi connectivity index (χ1v) is 5.91. The van der Waals surface area contributed by atoms with Gasteiger partial charge in [-0.1, -0.05) is 0 Å². The van der Waals surface area contributed by atoms with Crippen LogP contribution in [-0.4, -0.2) is 16.7 Å². The van der Waals surface area contributed by atoms with Crippen LogP contribution in [0.2, 0.25) is 0 Å². The Hall–Kier alpha value is -0.300. The van der Waals surface area contributed by atoms with E-state index in [2.05, 4.69) is 4.98 Å².